The number of halogens is 5. The molecule has 1 amide bonds. The predicted molar refractivity (Wildman–Crippen MR) is 185 cm³/mol. The van der Waals surface area contributed by atoms with E-state index in [0.29, 0.717) is 28.3 Å². The number of amides is 1. The number of alkyl halides is 3. The van der Waals surface area contributed by atoms with Crippen LogP contribution in [0.1, 0.15) is 27.2 Å². The Morgan fingerprint density at radius 3 is 2.46 bits per heavy atom. The van der Waals surface area contributed by atoms with Gasteiger partial charge in [-0.15, -0.1) is 0 Å². The molecule has 6 rings (SSSR count). The Hall–Kier alpha value is -3.60. The molecule has 1 aliphatic rings. The van der Waals surface area contributed by atoms with Crippen molar-refractivity contribution in [1.29, 1.82) is 0 Å². The summed E-state index contributed by atoms with van der Waals surface area (Å²) in [5, 5.41) is 6.50. The summed E-state index contributed by atoms with van der Waals surface area (Å²) in [6.45, 7) is 6.38. The van der Waals surface area contributed by atoms with Gasteiger partial charge in [0.15, 0.2) is 5.13 Å². The largest absolute Gasteiger partial charge is 0.522 e. The first-order valence-corrected chi connectivity index (χ1v) is 17.6. The Labute approximate surface area is 288 Å². The van der Waals surface area contributed by atoms with Gasteiger partial charge < -0.3 is 25.8 Å². The van der Waals surface area contributed by atoms with Gasteiger partial charge >= 0.3 is 15.6 Å². The highest BCUT2D eigenvalue weighted by Gasteiger charge is 2.44. The van der Waals surface area contributed by atoms with E-state index >= 15 is 0 Å². The molecule has 10 nitrogen and oxygen atoms in total. The minimum Gasteiger partial charge on any atom is -0.375 e. The molecular formula is C31H31Cl2F3N6O4S2. The standard InChI is InChI=1S/C30H30Cl2N6OS.CHF3O3S/c1-18-22(8-9-34-17-19-2-7-28-26(14-19)36-30(33)40-28)23-15-20(3-5-25(23)35-18)29(39)38-12-10-37(11-13-38)27-6-4-21(31)16-24(27)32;2-1(3,4)8(5,6)7/h2-7,14-16,34-35H,8-13,17H2,1H3,(H2,33,36);(H,5,6,7). The number of benzene rings is 3. The van der Waals surface area contributed by atoms with Gasteiger partial charge in [-0.1, -0.05) is 40.6 Å². The van der Waals surface area contributed by atoms with Crippen molar-refractivity contribution >= 4 is 82.5 Å². The molecule has 5 aromatic rings. The molecule has 0 atom stereocenters. The number of hydrogen-bond donors (Lipinski definition) is 4. The number of nitrogens with two attached hydrogens (primary N) is 1. The van der Waals surface area contributed by atoms with Gasteiger partial charge in [0, 0.05) is 59.9 Å². The van der Waals surface area contributed by atoms with Crippen LogP contribution in [0.2, 0.25) is 10.0 Å². The Bertz CT molecular complexity index is 2060. The third-order valence-corrected chi connectivity index (χ3v) is 9.81. The summed E-state index contributed by atoms with van der Waals surface area (Å²) in [7, 11) is -5.84. The Morgan fingerprint density at radius 1 is 1.08 bits per heavy atom. The van der Waals surface area contributed by atoms with E-state index in [2.05, 4.69) is 45.3 Å². The van der Waals surface area contributed by atoms with Crippen LogP contribution in [0.3, 0.4) is 0 Å². The number of rotatable bonds is 7. The monoisotopic (exact) mass is 742 g/mol. The van der Waals surface area contributed by atoms with Crippen molar-refractivity contribution in [3.05, 3.63) is 87.0 Å². The number of carbonyl (C=O) groups is 1. The van der Waals surface area contributed by atoms with Gasteiger partial charge in [0.2, 0.25) is 0 Å². The highest BCUT2D eigenvalue weighted by Crippen LogP contribution is 2.30. The van der Waals surface area contributed by atoms with Gasteiger partial charge in [-0.25, -0.2) is 4.98 Å². The van der Waals surface area contributed by atoms with Crippen molar-refractivity contribution in [3.8, 4) is 0 Å². The SMILES string of the molecule is Cc1[nH]c2ccc(C(=O)N3CCN(c4ccc(Cl)cc4Cl)CC3)cc2c1CCNCc1ccc2sc(N)nc2c1.O=S(=O)(O)C(F)(F)F. The van der Waals surface area contributed by atoms with Gasteiger partial charge in [-0.05, 0) is 79.5 Å². The maximum atomic E-state index is 13.5. The number of nitrogens with zero attached hydrogens (tertiary/aromatic N) is 3. The quantitative estimate of drug-likeness (QED) is 0.0823. The fourth-order valence-electron chi connectivity index (χ4n) is 5.46. The van der Waals surface area contributed by atoms with Crippen molar-refractivity contribution in [2.75, 3.05) is 43.4 Å². The van der Waals surface area contributed by atoms with Crippen LogP contribution in [-0.4, -0.2) is 72.0 Å². The normalized spacial score (nSPS) is 14.0. The van der Waals surface area contributed by atoms with Crippen molar-refractivity contribution in [3.63, 3.8) is 0 Å². The predicted octanol–water partition coefficient (Wildman–Crippen LogP) is 6.66. The molecule has 256 valence electrons. The summed E-state index contributed by atoms with van der Waals surface area (Å²) < 4.78 is 58.6. The van der Waals surface area contributed by atoms with Crippen LogP contribution in [-0.2, 0) is 23.1 Å². The highest BCUT2D eigenvalue weighted by molar-refractivity contribution is 7.86. The number of carbonyl (C=O) groups excluding carboxylic acids is 1. The number of H-pyrrole nitrogens is 1. The van der Waals surface area contributed by atoms with Crippen molar-refractivity contribution in [1.82, 2.24) is 20.2 Å². The molecule has 1 saturated heterocycles. The fourth-order valence-corrected chi connectivity index (χ4v) is 6.70. The second kappa shape index (κ2) is 14.5. The van der Waals surface area contributed by atoms with E-state index in [-0.39, 0.29) is 5.91 Å². The van der Waals surface area contributed by atoms with Crippen LogP contribution in [0.5, 0.6) is 0 Å². The van der Waals surface area contributed by atoms with Crippen LogP contribution in [0, 0.1) is 6.92 Å². The number of fused-ring (bicyclic) bond motifs is 2. The molecule has 17 heteroatoms. The average Bonchev–Trinajstić information content (AvgIpc) is 3.55. The van der Waals surface area contributed by atoms with E-state index in [1.165, 1.54) is 22.5 Å². The third-order valence-electron chi connectivity index (χ3n) is 7.83. The van der Waals surface area contributed by atoms with Gasteiger partial charge in [0.1, 0.15) is 0 Å². The van der Waals surface area contributed by atoms with E-state index in [1.54, 1.807) is 6.07 Å². The number of hydrogen-bond acceptors (Lipinski definition) is 8. The molecular weight excluding hydrogens is 712 g/mol. The van der Waals surface area contributed by atoms with Crippen molar-refractivity contribution in [2.24, 2.45) is 0 Å². The average molecular weight is 744 g/mol. The lowest BCUT2D eigenvalue weighted by Gasteiger charge is -2.36. The summed E-state index contributed by atoms with van der Waals surface area (Å²) in [6.07, 6.45) is 0.857. The van der Waals surface area contributed by atoms with Gasteiger partial charge in [-0.3, -0.25) is 9.35 Å². The van der Waals surface area contributed by atoms with Crippen LogP contribution in [0.4, 0.5) is 24.0 Å². The van der Waals surface area contributed by atoms with Crippen LogP contribution in [0.15, 0.2) is 54.6 Å². The van der Waals surface area contributed by atoms with Crippen LogP contribution < -0.4 is 16.0 Å². The minimum atomic E-state index is -5.84. The van der Waals surface area contributed by atoms with E-state index in [0.717, 1.165) is 70.7 Å². The maximum absolute atomic E-state index is 13.5. The van der Waals surface area contributed by atoms with E-state index in [9.17, 15) is 18.0 Å². The molecule has 0 bridgehead atoms. The van der Waals surface area contributed by atoms with Gasteiger partial charge in [-0.2, -0.15) is 21.6 Å². The molecule has 1 fully saturated rings. The van der Waals surface area contributed by atoms with E-state index in [1.807, 2.05) is 35.2 Å². The topological polar surface area (TPSA) is 145 Å². The molecule has 0 radical (unpaired) electrons. The second-order valence-electron chi connectivity index (χ2n) is 11.1. The molecule has 0 spiro atoms. The lowest BCUT2D eigenvalue weighted by Crippen LogP contribution is -2.48. The molecule has 48 heavy (non-hydrogen) atoms. The number of aromatic nitrogens is 2. The van der Waals surface area contributed by atoms with Gasteiger partial charge in [0.25, 0.3) is 5.91 Å². The van der Waals surface area contributed by atoms with Crippen molar-refractivity contribution in [2.45, 2.75) is 25.4 Å². The highest BCUT2D eigenvalue weighted by atomic mass is 35.5. The zero-order valence-electron chi connectivity index (χ0n) is 25.4. The summed E-state index contributed by atoms with van der Waals surface area (Å²) >= 11 is 14.0. The Morgan fingerprint density at radius 2 is 1.79 bits per heavy atom. The zero-order chi connectivity index (χ0) is 34.8. The lowest BCUT2D eigenvalue weighted by atomic mass is 10.0. The molecule has 0 saturated carbocycles. The number of nitrogen functional groups attached to an aromatic ring is 1. The molecule has 0 unspecified atom stereocenters. The first-order valence-electron chi connectivity index (χ1n) is 14.6. The number of aryl methyl sites for hydroxylation is 1. The van der Waals surface area contributed by atoms with Crippen molar-refractivity contribution < 1.29 is 30.9 Å². The third kappa shape index (κ3) is 8.33. The molecule has 2 aromatic heterocycles. The second-order valence-corrected chi connectivity index (χ2v) is 14.4. The Balaban J connectivity index is 0.000000503. The number of aromatic amines is 1. The summed E-state index contributed by atoms with van der Waals surface area (Å²) in [4.78, 5) is 25.5. The number of thiazole rings is 1. The molecule has 3 aromatic carbocycles. The first-order chi connectivity index (χ1) is 22.6. The fraction of sp³-hybridized carbons (Fsp3) is 0.290. The summed E-state index contributed by atoms with van der Waals surface area (Å²) in [6, 6.07) is 17.8. The number of anilines is 2. The van der Waals surface area contributed by atoms with Crippen LogP contribution >= 0.6 is 34.5 Å². The minimum absolute atomic E-state index is 0.0600. The molecule has 0 aliphatic carbocycles. The lowest BCUT2D eigenvalue weighted by molar-refractivity contribution is -0.0510. The molecule has 1 aliphatic heterocycles. The zero-order valence-corrected chi connectivity index (χ0v) is 28.6. The first kappa shape index (κ1) is 35.7. The van der Waals surface area contributed by atoms with E-state index < -0.39 is 15.6 Å². The van der Waals surface area contributed by atoms with Crippen LogP contribution in [0.25, 0.3) is 21.1 Å². The summed E-state index contributed by atoms with van der Waals surface area (Å²) in [5.74, 6) is 0.0600. The molecule has 5 N–H and O–H groups in total. The smallest absolute Gasteiger partial charge is 0.375 e. The maximum Gasteiger partial charge on any atom is 0.522 e. The van der Waals surface area contributed by atoms with Gasteiger partial charge in [0.05, 0.1) is 20.9 Å². The number of nitrogens with one attached hydrogen (secondary N) is 2. The van der Waals surface area contributed by atoms with E-state index in [4.69, 9.17) is 41.9 Å². The molecule has 3 heterocycles. The summed E-state index contributed by atoms with van der Waals surface area (Å²) in [5.41, 5.74) is 7.53. The number of piperazine rings is 1. The Kier molecular flexibility index (Phi) is 10.8.